The molecule has 0 aliphatic heterocycles. The molecule has 1 atom stereocenters. The summed E-state index contributed by atoms with van der Waals surface area (Å²) in [6, 6.07) is 2.99. The van der Waals surface area contributed by atoms with Crippen LogP contribution >= 0.6 is 11.6 Å². The molecule has 18 heavy (non-hydrogen) atoms. The maximum absolute atomic E-state index is 12.8. The number of benzene rings is 1. The number of nitrogens with one attached hydrogen (secondary N) is 1. The molecule has 0 aromatic heterocycles. The van der Waals surface area contributed by atoms with Crippen LogP contribution in [0.25, 0.3) is 0 Å². The highest BCUT2D eigenvalue weighted by atomic mass is 35.5. The van der Waals surface area contributed by atoms with E-state index in [9.17, 15) is 12.8 Å². The summed E-state index contributed by atoms with van der Waals surface area (Å²) in [6.45, 7) is 0.167. The van der Waals surface area contributed by atoms with Gasteiger partial charge < -0.3 is 5.73 Å². The SMILES string of the molecule is NC(CNS(=O)(=O)c1ccc(F)cc1Cl)C1CC1. The molecule has 4 nitrogen and oxygen atoms in total. The summed E-state index contributed by atoms with van der Waals surface area (Å²) in [7, 11) is -3.74. The van der Waals surface area contributed by atoms with Crippen LogP contribution in [0.2, 0.25) is 5.02 Å². The lowest BCUT2D eigenvalue weighted by Crippen LogP contribution is -2.38. The molecule has 1 aliphatic carbocycles. The van der Waals surface area contributed by atoms with Crippen LogP contribution < -0.4 is 10.5 Å². The highest BCUT2D eigenvalue weighted by molar-refractivity contribution is 7.89. The van der Waals surface area contributed by atoms with Gasteiger partial charge in [-0.1, -0.05) is 11.6 Å². The molecular weight excluding hydrogens is 279 g/mol. The van der Waals surface area contributed by atoms with Crippen LogP contribution in [0.5, 0.6) is 0 Å². The molecule has 1 aromatic rings. The van der Waals surface area contributed by atoms with Gasteiger partial charge >= 0.3 is 0 Å². The maximum Gasteiger partial charge on any atom is 0.242 e. The van der Waals surface area contributed by atoms with Crippen LogP contribution in [0.15, 0.2) is 23.1 Å². The first-order valence-corrected chi connectivity index (χ1v) is 7.46. The van der Waals surface area contributed by atoms with Gasteiger partial charge in [-0.15, -0.1) is 0 Å². The molecule has 0 radical (unpaired) electrons. The summed E-state index contributed by atoms with van der Waals surface area (Å²) in [6.07, 6.45) is 2.08. The van der Waals surface area contributed by atoms with Gasteiger partial charge in [-0.2, -0.15) is 0 Å². The third kappa shape index (κ3) is 3.20. The average molecular weight is 293 g/mol. The van der Waals surface area contributed by atoms with Crippen LogP contribution in [0.1, 0.15) is 12.8 Å². The van der Waals surface area contributed by atoms with Crippen LogP contribution in [0.4, 0.5) is 4.39 Å². The van der Waals surface area contributed by atoms with E-state index in [1.54, 1.807) is 0 Å². The Morgan fingerprint density at radius 3 is 2.72 bits per heavy atom. The molecule has 2 rings (SSSR count). The van der Waals surface area contributed by atoms with Crippen molar-refractivity contribution in [3.8, 4) is 0 Å². The summed E-state index contributed by atoms with van der Waals surface area (Å²) in [5, 5.41) is -0.137. The molecular formula is C11H14ClFN2O2S. The van der Waals surface area contributed by atoms with Crippen molar-refractivity contribution in [3.05, 3.63) is 29.0 Å². The Kier molecular flexibility index (Phi) is 3.91. The van der Waals surface area contributed by atoms with Crippen LogP contribution in [0, 0.1) is 11.7 Å². The van der Waals surface area contributed by atoms with E-state index in [4.69, 9.17) is 17.3 Å². The Balaban J connectivity index is 2.09. The molecule has 3 N–H and O–H groups in total. The number of halogens is 2. The molecule has 1 unspecified atom stereocenters. The normalized spacial score (nSPS) is 17.7. The summed E-state index contributed by atoms with van der Waals surface area (Å²) in [5.41, 5.74) is 5.81. The molecule has 0 spiro atoms. The Morgan fingerprint density at radius 1 is 1.50 bits per heavy atom. The fourth-order valence-corrected chi connectivity index (χ4v) is 3.27. The molecule has 1 fully saturated rings. The van der Waals surface area contributed by atoms with Gasteiger partial charge in [0.25, 0.3) is 0 Å². The number of sulfonamides is 1. The Hall–Kier alpha value is -0.690. The zero-order chi connectivity index (χ0) is 13.3. The quantitative estimate of drug-likeness (QED) is 0.864. The van der Waals surface area contributed by atoms with E-state index in [1.807, 2.05) is 0 Å². The Labute approximate surface area is 110 Å². The van der Waals surface area contributed by atoms with Crippen molar-refractivity contribution in [1.29, 1.82) is 0 Å². The Bertz CT molecular complexity index is 546. The van der Waals surface area contributed by atoms with Gasteiger partial charge in [-0.3, -0.25) is 0 Å². The van der Waals surface area contributed by atoms with Gasteiger partial charge in [0.2, 0.25) is 10.0 Å². The second-order valence-electron chi connectivity index (χ2n) is 4.43. The Morgan fingerprint density at radius 2 is 2.17 bits per heavy atom. The first-order valence-electron chi connectivity index (χ1n) is 5.60. The van der Waals surface area contributed by atoms with Crippen molar-refractivity contribution in [3.63, 3.8) is 0 Å². The topological polar surface area (TPSA) is 72.2 Å². The second kappa shape index (κ2) is 5.13. The molecule has 0 bridgehead atoms. The molecule has 100 valence electrons. The first-order chi connectivity index (χ1) is 8.40. The molecule has 0 heterocycles. The molecule has 0 amide bonds. The molecule has 7 heteroatoms. The zero-order valence-electron chi connectivity index (χ0n) is 9.57. The third-order valence-corrected chi connectivity index (χ3v) is 4.83. The van der Waals surface area contributed by atoms with E-state index in [-0.39, 0.29) is 22.5 Å². The maximum atomic E-state index is 12.8. The standard InChI is InChI=1S/C11H14ClFN2O2S/c12-9-5-8(13)3-4-11(9)18(16,17)15-6-10(14)7-1-2-7/h3-5,7,10,15H,1-2,6,14H2. The van der Waals surface area contributed by atoms with Crippen molar-refractivity contribution >= 4 is 21.6 Å². The highest BCUT2D eigenvalue weighted by Gasteiger charge is 2.29. The number of hydrogen-bond donors (Lipinski definition) is 2. The van der Waals surface area contributed by atoms with E-state index < -0.39 is 15.8 Å². The monoisotopic (exact) mass is 292 g/mol. The summed E-state index contributed by atoms with van der Waals surface area (Å²) in [5.74, 6) is -0.176. The van der Waals surface area contributed by atoms with Gasteiger partial charge in [0, 0.05) is 12.6 Å². The van der Waals surface area contributed by atoms with E-state index in [0.717, 1.165) is 31.0 Å². The summed E-state index contributed by atoms with van der Waals surface area (Å²) < 4.78 is 39.1. The number of nitrogens with two attached hydrogens (primary N) is 1. The lowest BCUT2D eigenvalue weighted by atomic mass is 10.2. The van der Waals surface area contributed by atoms with Crippen molar-refractivity contribution in [1.82, 2.24) is 4.72 Å². The lowest BCUT2D eigenvalue weighted by molar-refractivity contribution is 0.547. The van der Waals surface area contributed by atoms with Crippen molar-refractivity contribution in [2.24, 2.45) is 11.7 Å². The molecule has 1 aromatic carbocycles. The minimum absolute atomic E-state index is 0.131. The van der Waals surface area contributed by atoms with E-state index >= 15 is 0 Å². The van der Waals surface area contributed by atoms with E-state index in [0.29, 0.717) is 5.92 Å². The fourth-order valence-electron chi connectivity index (χ4n) is 1.67. The number of rotatable bonds is 5. The predicted octanol–water partition coefficient (Wildman–Crippen LogP) is 1.49. The van der Waals surface area contributed by atoms with Gasteiger partial charge in [0.15, 0.2) is 0 Å². The molecule has 0 saturated heterocycles. The second-order valence-corrected chi connectivity index (χ2v) is 6.57. The smallest absolute Gasteiger partial charge is 0.242 e. The van der Waals surface area contributed by atoms with Crippen LogP contribution in [0.3, 0.4) is 0 Å². The minimum atomic E-state index is -3.74. The first kappa shape index (κ1) is 13.7. The van der Waals surface area contributed by atoms with Crippen molar-refractivity contribution in [2.75, 3.05) is 6.54 Å². The van der Waals surface area contributed by atoms with Gasteiger partial charge in [-0.25, -0.2) is 17.5 Å². The fraction of sp³-hybridized carbons (Fsp3) is 0.455. The summed E-state index contributed by atoms with van der Waals surface area (Å²) in [4.78, 5) is -0.131. The van der Waals surface area contributed by atoms with Crippen LogP contribution in [-0.2, 0) is 10.0 Å². The van der Waals surface area contributed by atoms with Gasteiger partial charge in [0.1, 0.15) is 10.7 Å². The van der Waals surface area contributed by atoms with Crippen molar-refractivity contribution in [2.45, 2.75) is 23.8 Å². The van der Waals surface area contributed by atoms with Gasteiger partial charge in [0.05, 0.1) is 5.02 Å². The van der Waals surface area contributed by atoms with E-state index in [2.05, 4.69) is 4.72 Å². The van der Waals surface area contributed by atoms with Crippen molar-refractivity contribution < 1.29 is 12.8 Å². The van der Waals surface area contributed by atoms with E-state index in [1.165, 1.54) is 0 Å². The van der Waals surface area contributed by atoms with Gasteiger partial charge in [-0.05, 0) is 37.0 Å². The minimum Gasteiger partial charge on any atom is -0.326 e. The highest BCUT2D eigenvalue weighted by Crippen LogP contribution is 2.31. The molecule has 1 saturated carbocycles. The third-order valence-electron chi connectivity index (χ3n) is 2.92. The summed E-state index contributed by atoms with van der Waals surface area (Å²) >= 11 is 5.71. The van der Waals surface area contributed by atoms with Crippen LogP contribution in [-0.4, -0.2) is 21.0 Å². The zero-order valence-corrected chi connectivity index (χ0v) is 11.1. The largest absolute Gasteiger partial charge is 0.326 e. The lowest BCUT2D eigenvalue weighted by Gasteiger charge is -2.12. The molecule has 1 aliphatic rings. The average Bonchev–Trinajstić information content (AvgIpc) is 3.09. The predicted molar refractivity (Wildman–Crippen MR) is 67.3 cm³/mol. The number of hydrogen-bond acceptors (Lipinski definition) is 3.